The minimum absolute atomic E-state index is 0.481. The van der Waals surface area contributed by atoms with Gasteiger partial charge in [-0.2, -0.15) is 0 Å². The van der Waals surface area contributed by atoms with E-state index in [-0.39, 0.29) is 0 Å². The van der Waals surface area contributed by atoms with Crippen LogP contribution in [0, 0.1) is 5.92 Å². The third-order valence-electron chi connectivity index (χ3n) is 3.70. The van der Waals surface area contributed by atoms with Crippen molar-refractivity contribution >= 4 is 22.7 Å². The van der Waals surface area contributed by atoms with Gasteiger partial charge in [-0.15, -0.1) is 0 Å². The Labute approximate surface area is 134 Å². The molecule has 1 unspecified atom stereocenters. The Bertz CT molecular complexity index is 554. The highest BCUT2D eigenvalue weighted by Crippen LogP contribution is 2.20. The zero-order valence-corrected chi connectivity index (χ0v) is 14.4. The predicted octanol–water partition coefficient (Wildman–Crippen LogP) is 4.87. The van der Waals surface area contributed by atoms with E-state index in [1.54, 1.807) is 0 Å². The highest BCUT2D eigenvalue weighted by molar-refractivity contribution is 5.79. The van der Waals surface area contributed by atoms with Crippen LogP contribution >= 0.6 is 0 Å². The quantitative estimate of drug-likeness (QED) is 0.766. The number of nitrogen functional groups attached to an aromatic ring is 1. The maximum atomic E-state index is 5.98. The molecule has 22 heavy (non-hydrogen) atoms. The van der Waals surface area contributed by atoms with Crippen LogP contribution in [0.15, 0.2) is 24.3 Å². The van der Waals surface area contributed by atoms with E-state index >= 15 is 0 Å². The average molecular weight is 302 g/mol. The average Bonchev–Trinajstić information content (AvgIpc) is 2.57. The van der Waals surface area contributed by atoms with Gasteiger partial charge in [0.15, 0.2) is 11.6 Å². The Morgan fingerprint density at radius 3 is 2.32 bits per heavy atom. The Hall–Kier alpha value is -1.84. The summed E-state index contributed by atoms with van der Waals surface area (Å²) < 4.78 is 0. The first-order chi connectivity index (χ1) is 10.7. The van der Waals surface area contributed by atoms with Crippen molar-refractivity contribution in [1.82, 2.24) is 9.97 Å². The highest BCUT2D eigenvalue weighted by atomic mass is 15.1. The number of aromatic nitrogens is 2. The van der Waals surface area contributed by atoms with Crippen LogP contribution in [0.4, 0.5) is 11.6 Å². The minimum atomic E-state index is 0.481. The van der Waals surface area contributed by atoms with Gasteiger partial charge in [-0.25, -0.2) is 9.97 Å². The van der Waals surface area contributed by atoms with Crippen LogP contribution in [-0.4, -0.2) is 16.5 Å². The summed E-state index contributed by atoms with van der Waals surface area (Å²) in [7, 11) is 0. The molecule has 3 N–H and O–H groups in total. The van der Waals surface area contributed by atoms with Gasteiger partial charge in [-0.3, -0.25) is 0 Å². The van der Waals surface area contributed by atoms with Gasteiger partial charge < -0.3 is 11.1 Å². The SMILES string of the molecule is CC.CCCCC(CC)CNc1nc2ccccc2nc1N. The summed E-state index contributed by atoms with van der Waals surface area (Å²) in [6.07, 6.45) is 4.95. The van der Waals surface area contributed by atoms with Crippen LogP contribution < -0.4 is 11.1 Å². The number of nitrogens with zero attached hydrogens (tertiary/aromatic N) is 2. The molecule has 0 saturated heterocycles. The van der Waals surface area contributed by atoms with E-state index in [4.69, 9.17) is 5.73 Å². The standard InChI is InChI=1S/C16H24N4.C2H6/c1-3-5-8-12(4-2)11-18-16-15(17)19-13-9-6-7-10-14(13)20-16;1-2/h6-7,9-10,12H,3-5,8,11H2,1-2H3,(H2,17,19)(H,18,20);1-2H3. The van der Waals surface area contributed by atoms with E-state index in [0.29, 0.717) is 17.6 Å². The van der Waals surface area contributed by atoms with Crippen LogP contribution in [0.1, 0.15) is 53.4 Å². The van der Waals surface area contributed by atoms with E-state index < -0.39 is 0 Å². The monoisotopic (exact) mass is 302 g/mol. The molecule has 2 rings (SSSR count). The zero-order valence-electron chi connectivity index (χ0n) is 14.4. The summed E-state index contributed by atoms with van der Waals surface area (Å²) in [5.41, 5.74) is 7.70. The molecule has 0 aliphatic carbocycles. The van der Waals surface area contributed by atoms with Crippen molar-refractivity contribution in [1.29, 1.82) is 0 Å². The van der Waals surface area contributed by atoms with Gasteiger partial charge in [0.2, 0.25) is 0 Å². The molecule has 0 saturated carbocycles. The Kier molecular flexibility index (Phi) is 8.26. The smallest absolute Gasteiger partial charge is 0.169 e. The molecule has 1 aromatic heterocycles. The van der Waals surface area contributed by atoms with Gasteiger partial charge >= 0.3 is 0 Å². The van der Waals surface area contributed by atoms with Gasteiger partial charge in [-0.1, -0.05) is 59.1 Å². The van der Waals surface area contributed by atoms with Crippen LogP contribution in [0.5, 0.6) is 0 Å². The van der Waals surface area contributed by atoms with Crippen LogP contribution in [-0.2, 0) is 0 Å². The summed E-state index contributed by atoms with van der Waals surface area (Å²) in [6.45, 7) is 9.37. The number of hydrogen-bond donors (Lipinski definition) is 2. The molecular weight excluding hydrogens is 272 g/mol. The van der Waals surface area contributed by atoms with Crippen molar-refractivity contribution in [3.8, 4) is 0 Å². The van der Waals surface area contributed by atoms with Crippen molar-refractivity contribution in [3.63, 3.8) is 0 Å². The Morgan fingerprint density at radius 2 is 1.73 bits per heavy atom. The van der Waals surface area contributed by atoms with E-state index in [1.165, 1.54) is 25.7 Å². The van der Waals surface area contributed by atoms with Crippen molar-refractivity contribution in [2.24, 2.45) is 5.92 Å². The van der Waals surface area contributed by atoms with E-state index in [1.807, 2.05) is 38.1 Å². The molecule has 1 heterocycles. The zero-order chi connectivity index (χ0) is 16.4. The summed E-state index contributed by atoms with van der Waals surface area (Å²) in [5.74, 6) is 1.86. The second kappa shape index (κ2) is 9.98. The summed E-state index contributed by atoms with van der Waals surface area (Å²) in [4.78, 5) is 8.96. The molecule has 0 fully saturated rings. The first kappa shape index (κ1) is 18.2. The molecule has 122 valence electrons. The molecule has 0 aliphatic heterocycles. The lowest BCUT2D eigenvalue weighted by molar-refractivity contribution is 0.472. The number of nitrogens with two attached hydrogens (primary N) is 1. The maximum Gasteiger partial charge on any atom is 0.169 e. The third-order valence-corrected chi connectivity index (χ3v) is 3.70. The normalized spacial score (nSPS) is 11.6. The van der Waals surface area contributed by atoms with Gasteiger partial charge in [0, 0.05) is 6.54 Å². The number of anilines is 2. The van der Waals surface area contributed by atoms with Crippen molar-refractivity contribution in [2.75, 3.05) is 17.6 Å². The first-order valence-electron chi connectivity index (χ1n) is 8.50. The molecule has 0 aliphatic rings. The van der Waals surface area contributed by atoms with Gasteiger partial charge in [0.25, 0.3) is 0 Å². The molecule has 0 amide bonds. The van der Waals surface area contributed by atoms with Crippen molar-refractivity contribution in [3.05, 3.63) is 24.3 Å². The number of rotatable bonds is 7. The van der Waals surface area contributed by atoms with E-state index in [0.717, 1.165) is 17.6 Å². The van der Waals surface area contributed by atoms with Crippen LogP contribution in [0.25, 0.3) is 11.0 Å². The van der Waals surface area contributed by atoms with Crippen LogP contribution in [0.3, 0.4) is 0 Å². The Balaban J connectivity index is 0.00000116. The van der Waals surface area contributed by atoms with Crippen LogP contribution in [0.2, 0.25) is 0 Å². The molecule has 0 bridgehead atoms. The number of para-hydroxylation sites is 2. The lowest BCUT2D eigenvalue weighted by Crippen LogP contribution is -2.16. The molecule has 0 radical (unpaired) electrons. The number of unbranched alkanes of at least 4 members (excludes halogenated alkanes) is 1. The van der Waals surface area contributed by atoms with E-state index in [2.05, 4.69) is 29.1 Å². The van der Waals surface area contributed by atoms with Gasteiger partial charge in [-0.05, 0) is 24.5 Å². The lowest BCUT2D eigenvalue weighted by Gasteiger charge is -2.16. The largest absolute Gasteiger partial charge is 0.381 e. The van der Waals surface area contributed by atoms with Gasteiger partial charge in [0.1, 0.15) is 0 Å². The first-order valence-corrected chi connectivity index (χ1v) is 8.50. The fraction of sp³-hybridized carbons (Fsp3) is 0.556. The topological polar surface area (TPSA) is 63.8 Å². The van der Waals surface area contributed by atoms with Crippen molar-refractivity contribution < 1.29 is 0 Å². The summed E-state index contributed by atoms with van der Waals surface area (Å²) in [5, 5.41) is 3.37. The highest BCUT2D eigenvalue weighted by Gasteiger charge is 2.09. The summed E-state index contributed by atoms with van der Waals surface area (Å²) >= 11 is 0. The fourth-order valence-electron chi connectivity index (χ4n) is 2.33. The third kappa shape index (κ3) is 5.17. The molecular formula is C18H30N4. The fourth-order valence-corrected chi connectivity index (χ4v) is 2.33. The number of benzene rings is 1. The molecule has 4 nitrogen and oxygen atoms in total. The lowest BCUT2D eigenvalue weighted by atomic mass is 9.99. The maximum absolute atomic E-state index is 5.98. The number of nitrogens with one attached hydrogen (secondary N) is 1. The minimum Gasteiger partial charge on any atom is -0.381 e. The predicted molar refractivity (Wildman–Crippen MR) is 97.1 cm³/mol. The van der Waals surface area contributed by atoms with Gasteiger partial charge in [0.05, 0.1) is 11.0 Å². The Morgan fingerprint density at radius 1 is 1.09 bits per heavy atom. The molecule has 4 heteroatoms. The number of fused-ring (bicyclic) bond motifs is 1. The van der Waals surface area contributed by atoms with Crippen molar-refractivity contribution in [2.45, 2.75) is 53.4 Å². The second-order valence-corrected chi connectivity index (χ2v) is 5.24. The van der Waals surface area contributed by atoms with E-state index in [9.17, 15) is 0 Å². The molecule has 1 atom stereocenters. The summed E-state index contributed by atoms with van der Waals surface area (Å²) in [6, 6.07) is 7.80. The molecule has 2 aromatic rings. The molecule has 0 spiro atoms. The second-order valence-electron chi connectivity index (χ2n) is 5.24. The molecule has 1 aromatic carbocycles. The number of hydrogen-bond acceptors (Lipinski definition) is 4.